The number of benzene rings is 2. The van der Waals surface area contributed by atoms with Gasteiger partial charge in [-0.2, -0.15) is 0 Å². The van der Waals surface area contributed by atoms with Crippen LogP contribution in [0.15, 0.2) is 35.3 Å². The van der Waals surface area contributed by atoms with Crippen molar-refractivity contribution in [3.8, 4) is 0 Å². The molecule has 4 aromatic heterocycles. The number of aromatic amines is 4. The Hall–Kier alpha value is -6.34. The molecule has 396 valence electrons. The van der Waals surface area contributed by atoms with Crippen molar-refractivity contribution >= 4 is 78.5 Å². The first-order chi connectivity index (χ1) is 34.9. The van der Waals surface area contributed by atoms with Gasteiger partial charge in [-0.1, -0.05) is 13.8 Å². The lowest BCUT2D eigenvalue weighted by molar-refractivity contribution is 0.186. The second-order valence-electron chi connectivity index (χ2n) is 22.3. The van der Waals surface area contributed by atoms with Gasteiger partial charge in [0, 0.05) is 68.6 Å². The minimum atomic E-state index is 0.249. The summed E-state index contributed by atoms with van der Waals surface area (Å²) in [5.74, 6) is 0.528. The second kappa shape index (κ2) is 19.4. The van der Waals surface area contributed by atoms with Gasteiger partial charge in [0.2, 0.25) is 0 Å². The van der Waals surface area contributed by atoms with Crippen molar-refractivity contribution < 1.29 is 0 Å². The topological polar surface area (TPSA) is 165 Å². The van der Waals surface area contributed by atoms with Crippen LogP contribution in [-0.2, 0) is 0 Å². The Labute approximate surface area is 437 Å². The molecule has 0 saturated carbocycles. The molecule has 2 aromatic carbocycles. The molecule has 12 rings (SSSR count). The first kappa shape index (κ1) is 52.5. The van der Waals surface area contributed by atoms with Crippen molar-refractivity contribution in [2.24, 2.45) is 15.9 Å². The van der Waals surface area contributed by atoms with Gasteiger partial charge in [0.15, 0.2) is 0 Å². The largest absolute Gasteiger partial charge is 0.344 e. The van der Waals surface area contributed by atoms with Crippen LogP contribution in [0.4, 0.5) is 22.7 Å². The Balaban J connectivity index is 0.000000121. The third-order valence-corrected chi connectivity index (χ3v) is 16.3. The van der Waals surface area contributed by atoms with E-state index in [1.165, 1.54) is 78.7 Å². The maximum absolute atomic E-state index is 4.94. The summed E-state index contributed by atoms with van der Waals surface area (Å²) in [4.78, 5) is 45.5. The molecular weight excluding hydrogens is 925 g/mol. The lowest BCUT2D eigenvalue weighted by Gasteiger charge is -2.34. The number of imidazole rings is 4. The molecule has 18 nitrogen and oxygen atoms in total. The van der Waals surface area contributed by atoms with E-state index in [0.29, 0.717) is 36.1 Å². The van der Waals surface area contributed by atoms with Gasteiger partial charge in [0.1, 0.15) is 12.3 Å². The zero-order valence-corrected chi connectivity index (χ0v) is 48.2. The first-order valence-electron chi connectivity index (χ1n) is 26.5. The quantitative estimate of drug-likeness (QED) is 0.155. The Kier molecular flexibility index (Phi) is 13.8. The van der Waals surface area contributed by atoms with E-state index >= 15 is 0 Å². The van der Waals surface area contributed by atoms with Crippen LogP contribution in [0.1, 0.15) is 112 Å². The lowest BCUT2D eigenvalue weighted by atomic mass is 9.92. The standard InChI is InChI=1S/2C14H21N5.2C14H20N4/c1-8(2)19-14-10(4)12-11(15-7-16-12)9(3)13(14)17(5)18(19)6;1-8(2)19-17(5)13-9(3)11-12(16-7-15-11)10(4)14(13)18(19)6;1-7(2)14-17-12-8(3)10-11(16-6-15-10)9(4)13(12)18(14)5;1-7(2)18-10(5)17-13-8(3)11-12(16-6-15-11)9(4)14(13)18/h2*7-8H,1-6H3,(H,15,16);6-7,13-14H,1-5H3,(H,15,16);6-7,10,14H,1-5H3,(H,15,16). The Bertz CT molecular complexity index is 3420. The number of nitrogens with one attached hydrogen (secondary N) is 4. The SMILES string of the molecule is CC1=c2nc[nH]c2=C(C)C2=NC(C(C)C)N(C)C21.CC1=c2nc[nH]c2=C(C)C2=NC(C)N(C(C)C)C21.Cc1c2c(c(C)c3[nH]cnc13)N(C(C)C)N(C)N2C.Cc1c2c(c(C)c3[nH]cnc13)N(C)N(C(C)C)N2C. The van der Waals surface area contributed by atoms with Crippen molar-refractivity contribution in [1.82, 2.24) is 59.9 Å². The van der Waals surface area contributed by atoms with E-state index in [-0.39, 0.29) is 12.3 Å². The summed E-state index contributed by atoms with van der Waals surface area (Å²) in [7, 11) is 10.6. The number of aliphatic imine (C=N–C) groups is 2. The number of nitrogens with zero attached hydrogens (tertiary/aromatic N) is 14. The van der Waals surface area contributed by atoms with Gasteiger partial charge < -0.3 is 19.9 Å². The number of rotatable bonds is 4. The Morgan fingerprint density at radius 3 is 1.41 bits per heavy atom. The molecule has 0 spiro atoms. The molecular formula is C56H82N18. The van der Waals surface area contributed by atoms with Crippen molar-refractivity contribution in [2.75, 3.05) is 55.3 Å². The number of anilines is 4. The van der Waals surface area contributed by atoms with Gasteiger partial charge in [-0.15, -0.1) is 10.2 Å². The summed E-state index contributed by atoms with van der Waals surface area (Å²) in [6.45, 7) is 37.2. The number of fused-ring (bicyclic) bond motifs is 8. The number of aromatic nitrogens is 8. The van der Waals surface area contributed by atoms with Crippen molar-refractivity contribution in [1.29, 1.82) is 0 Å². The lowest BCUT2D eigenvalue weighted by Crippen LogP contribution is -2.50. The normalized spacial score (nSPS) is 21.6. The molecule has 8 heterocycles. The maximum Gasteiger partial charge on any atom is 0.105 e. The average molecular weight is 1010 g/mol. The fourth-order valence-electron chi connectivity index (χ4n) is 13.0. The minimum absolute atomic E-state index is 0.249. The Morgan fingerprint density at radius 1 is 0.486 bits per heavy atom. The summed E-state index contributed by atoms with van der Waals surface area (Å²) in [6.07, 6.45) is 7.64. The summed E-state index contributed by atoms with van der Waals surface area (Å²) in [5.41, 5.74) is 22.0. The van der Waals surface area contributed by atoms with Crippen LogP contribution in [0.3, 0.4) is 0 Å². The monoisotopic (exact) mass is 1010 g/mol. The van der Waals surface area contributed by atoms with Crippen LogP contribution in [-0.4, -0.2) is 149 Å². The molecule has 4 aliphatic heterocycles. The summed E-state index contributed by atoms with van der Waals surface area (Å²) in [5, 5.41) is 17.9. The molecule has 0 radical (unpaired) electrons. The average Bonchev–Trinajstić information content (AvgIpc) is 4.20. The van der Waals surface area contributed by atoms with E-state index in [1.807, 2.05) is 0 Å². The highest BCUT2D eigenvalue weighted by atomic mass is 15.9. The van der Waals surface area contributed by atoms with Gasteiger partial charge >= 0.3 is 0 Å². The molecule has 74 heavy (non-hydrogen) atoms. The number of aryl methyl sites for hydroxylation is 4. The fourth-order valence-corrected chi connectivity index (χ4v) is 13.0. The summed E-state index contributed by atoms with van der Waals surface area (Å²) >= 11 is 0. The van der Waals surface area contributed by atoms with Crippen LogP contribution in [0.2, 0.25) is 0 Å². The highest BCUT2D eigenvalue weighted by molar-refractivity contribution is 6.26. The fraction of sp³-hybridized carbons (Fsp3) is 0.536. The summed E-state index contributed by atoms with van der Waals surface area (Å²) in [6, 6.07) is 1.90. The molecule has 4 atom stereocenters. The molecule has 0 amide bonds. The third kappa shape index (κ3) is 7.96. The zero-order valence-electron chi connectivity index (χ0n) is 48.2. The number of hydrazine groups is 4. The Morgan fingerprint density at radius 2 is 0.932 bits per heavy atom. The molecule has 2 aliphatic carbocycles. The predicted molar refractivity (Wildman–Crippen MR) is 306 cm³/mol. The van der Waals surface area contributed by atoms with Gasteiger partial charge in [-0.05, 0) is 139 Å². The number of hydrogen-bond acceptors (Lipinski definition) is 14. The van der Waals surface area contributed by atoms with Crippen LogP contribution >= 0.6 is 0 Å². The molecule has 6 aliphatic rings. The van der Waals surface area contributed by atoms with Gasteiger partial charge in [0.05, 0.1) is 115 Å². The van der Waals surface area contributed by atoms with Crippen LogP contribution in [0.5, 0.6) is 0 Å². The smallest absolute Gasteiger partial charge is 0.105 e. The van der Waals surface area contributed by atoms with Crippen molar-refractivity contribution in [3.05, 3.63) is 69.0 Å². The molecule has 0 fully saturated rings. The van der Waals surface area contributed by atoms with E-state index in [4.69, 9.17) is 9.98 Å². The zero-order chi connectivity index (χ0) is 53.8. The first-order valence-corrected chi connectivity index (χ1v) is 26.5. The van der Waals surface area contributed by atoms with Crippen molar-refractivity contribution in [2.45, 2.75) is 160 Å². The van der Waals surface area contributed by atoms with Gasteiger partial charge in [0.25, 0.3) is 0 Å². The molecule has 0 bridgehead atoms. The van der Waals surface area contributed by atoms with Gasteiger partial charge in [-0.3, -0.25) is 39.8 Å². The molecule has 4 unspecified atom stereocenters. The molecule has 0 saturated heterocycles. The van der Waals surface area contributed by atoms with E-state index in [2.05, 4.69) is 233 Å². The van der Waals surface area contributed by atoms with E-state index < -0.39 is 0 Å². The molecule has 18 heteroatoms. The minimum Gasteiger partial charge on any atom is -0.344 e. The third-order valence-electron chi connectivity index (χ3n) is 16.3. The van der Waals surface area contributed by atoms with E-state index in [9.17, 15) is 0 Å². The van der Waals surface area contributed by atoms with Crippen LogP contribution < -0.4 is 41.4 Å². The number of H-pyrrole nitrogens is 4. The molecule has 4 N–H and O–H groups in total. The maximum atomic E-state index is 4.94. The highest BCUT2D eigenvalue weighted by Gasteiger charge is 2.42. The van der Waals surface area contributed by atoms with Gasteiger partial charge in [-0.25, -0.2) is 19.9 Å². The summed E-state index contributed by atoms with van der Waals surface area (Å²) < 4.78 is 0. The number of hydrogen-bond donors (Lipinski definition) is 4. The van der Waals surface area contributed by atoms with Crippen LogP contribution in [0, 0.1) is 33.6 Å². The van der Waals surface area contributed by atoms with Crippen molar-refractivity contribution in [3.63, 3.8) is 0 Å². The molecule has 6 aromatic rings. The highest BCUT2D eigenvalue weighted by Crippen LogP contribution is 2.47. The van der Waals surface area contributed by atoms with Crippen LogP contribution in [0.25, 0.3) is 44.4 Å². The van der Waals surface area contributed by atoms with E-state index in [0.717, 1.165) is 43.5 Å². The second-order valence-corrected chi connectivity index (χ2v) is 22.3. The van der Waals surface area contributed by atoms with E-state index in [1.54, 1.807) is 25.3 Å². The predicted octanol–water partition coefficient (Wildman–Crippen LogP) is 6.36.